The molecule has 1 unspecified atom stereocenters. The summed E-state index contributed by atoms with van der Waals surface area (Å²) in [4.78, 5) is 24.7. The summed E-state index contributed by atoms with van der Waals surface area (Å²) in [5.74, 6) is -0.931. The van der Waals surface area contributed by atoms with Gasteiger partial charge in [-0.1, -0.05) is 12.1 Å². The third-order valence-corrected chi connectivity index (χ3v) is 3.32. The van der Waals surface area contributed by atoms with Crippen LogP contribution in [0, 0.1) is 6.92 Å². The number of carbonyl (C=O) groups is 2. The van der Waals surface area contributed by atoms with Crippen molar-refractivity contribution in [2.24, 2.45) is 0 Å². The largest absolute Gasteiger partial charge is 0.480 e. The molecule has 2 rings (SSSR count). The first-order chi connectivity index (χ1) is 9.08. The molecule has 0 aromatic heterocycles. The molecule has 1 aromatic rings. The zero-order valence-corrected chi connectivity index (χ0v) is 10.9. The van der Waals surface area contributed by atoms with Gasteiger partial charge in [-0.2, -0.15) is 0 Å². The summed E-state index contributed by atoms with van der Waals surface area (Å²) in [6, 6.07) is 6.41. The highest BCUT2D eigenvalue weighted by Gasteiger charge is 2.31. The van der Waals surface area contributed by atoms with Gasteiger partial charge in [0.2, 0.25) is 0 Å². The van der Waals surface area contributed by atoms with Crippen LogP contribution < -0.4 is 5.32 Å². The lowest BCUT2D eigenvalue weighted by Gasteiger charge is -2.32. The molecule has 19 heavy (non-hydrogen) atoms. The molecule has 5 heteroatoms. The Morgan fingerprint density at radius 1 is 1.37 bits per heavy atom. The standard InChI is InChI=1S/C14H18N2O3/c1-10-5-4-6-11(9-10)15-14(19)16-8-3-2-7-12(16)13(17)18/h4-6,9,12H,2-3,7-8H2,1H3,(H,15,19)(H,17,18). The summed E-state index contributed by atoms with van der Waals surface area (Å²) in [5.41, 5.74) is 1.74. The lowest BCUT2D eigenvalue weighted by molar-refractivity contribution is -0.143. The maximum Gasteiger partial charge on any atom is 0.326 e. The Hall–Kier alpha value is -2.04. The van der Waals surface area contributed by atoms with Crippen molar-refractivity contribution in [3.05, 3.63) is 29.8 Å². The quantitative estimate of drug-likeness (QED) is 0.860. The number of rotatable bonds is 2. The van der Waals surface area contributed by atoms with Gasteiger partial charge in [-0.05, 0) is 43.9 Å². The molecule has 2 N–H and O–H groups in total. The van der Waals surface area contributed by atoms with Crippen molar-refractivity contribution in [3.8, 4) is 0 Å². The summed E-state index contributed by atoms with van der Waals surface area (Å²) in [5, 5.41) is 11.9. The van der Waals surface area contributed by atoms with Crippen LogP contribution in [0.2, 0.25) is 0 Å². The van der Waals surface area contributed by atoms with Crippen molar-refractivity contribution >= 4 is 17.7 Å². The number of nitrogens with one attached hydrogen (secondary N) is 1. The summed E-state index contributed by atoms with van der Waals surface area (Å²) < 4.78 is 0. The number of urea groups is 1. The van der Waals surface area contributed by atoms with E-state index in [1.165, 1.54) is 4.90 Å². The number of benzene rings is 1. The second-order valence-corrected chi connectivity index (χ2v) is 4.84. The highest BCUT2D eigenvalue weighted by atomic mass is 16.4. The van der Waals surface area contributed by atoms with Gasteiger partial charge in [0, 0.05) is 12.2 Å². The number of nitrogens with zero attached hydrogens (tertiary/aromatic N) is 1. The first-order valence-electron chi connectivity index (χ1n) is 6.45. The maximum atomic E-state index is 12.1. The molecule has 5 nitrogen and oxygen atoms in total. The van der Waals surface area contributed by atoms with Gasteiger partial charge in [0.05, 0.1) is 0 Å². The molecule has 0 aliphatic carbocycles. The molecule has 1 atom stereocenters. The fourth-order valence-electron chi connectivity index (χ4n) is 2.35. The van der Waals surface area contributed by atoms with Crippen molar-refractivity contribution < 1.29 is 14.7 Å². The molecule has 1 fully saturated rings. The second-order valence-electron chi connectivity index (χ2n) is 4.84. The highest BCUT2D eigenvalue weighted by molar-refractivity contribution is 5.92. The summed E-state index contributed by atoms with van der Waals surface area (Å²) >= 11 is 0. The fraction of sp³-hybridized carbons (Fsp3) is 0.429. The van der Waals surface area contributed by atoms with Gasteiger partial charge < -0.3 is 15.3 Å². The molecule has 1 aliphatic rings. The van der Waals surface area contributed by atoms with E-state index in [2.05, 4.69) is 5.32 Å². The molecule has 0 radical (unpaired) electrons. The number of anilines is 1. The molecular weight excluding hydrogens is 244 g/mol. The monoisotopic (exact) mass is 262 g/mol. The number of hydrogen-bond donors (Lipinski definition) is 2. The van der Waals surface area contributed by atoms with Crippen LogP contribution in [0.3, 0.4) is 0 Å². The smallest absolute Gasteiger partial charge is 0.326 e. The van der Waals surface area contributed by atoms with Gasteiger partial charge in [-0.3, -0.25) is 0 Å². The molecule has 1 saturated heterocycles. The van der Waals surface area contributed by atoms with E-state index in [0.717, 1.165) is 18.4 Å². The van der Waals surface area contributed by atoms with Gasteiger partial charge in [0.1, 0.15) is 6.04 Å². The Balaban J connectivity index is 2.07. The second kappa shape index (κ2) is 5.73. The van der Waals surface area contributed by atoms with E-state index in [1.54, 1.807) is 6.07 Å². The number of carboxylic acid groups (broad SMARTS) is 1. The van der Waals surface area contributed by atoms with E-state index in [9.17, 15) is 9.59 Å². The predicted octanol–water partition coefficient (Wildman–Crippen LogP) is 2.47. The van der Waals surface area contributed by atoms with Crippen LogP contribution in [0.1, 0.15) is 24.8 Å². The molecular formula is C14H18N2O3. The zero-order valence-electron chi connectivity index (χ0n) is 10.9. The Kier molecular flexibility index (Phi) is 4.04. The number of piperidine rings is 1. The van der Waals surface area contributed by atoms with Crippen molar-refractivity contribution in [3.63, 3.8) is 0 Å². The van der Waals surface area contributed by atoms with Crippen LogP contribution >= 0.6 is 0 Å². The lowest BCUT2D eigenvalue weighted by Crippen LogP contribution is -2.49. The molecule has 2 amide bonds. The number of carboxylic acids is 1. The summed E-state index contributed by atoms with van der Waals surface area (Å²) in [6.07, 6.45) is 2.23. The average Bonchev–Trinajstić information content (AvgIpc) is 2.38. The number of carbonyl (C=O) groups excluding carboxylic acids is 1. The summed E-state index contributed by atoms with van der Waals surface area (Å²) in [7, 11) is 0. The fourth-order valence-corrected chi connectivity index (χ4v) is 2.35. The van der Waals surface area contributed by atoms with E-state index in [0.29, 0.717) is 18.7 Å². The molecule has 0 bridgehead atoms. The summed E-state index contributed by atoms with van der Waals surface area (Å²) in [6.45, 7) is 2.44. The highest BCUT2D eigenvalue weighted by Crippen LogP contribution is 2.19. The van der Waals surface area contributed by atoms with Crippen LogP contribution in [-0.4, -0.2) is 34.6 Å². The zero-order chi connectivity index (χ0) is 13.8. The van der Waals surface area contributed by atoms with Crippen LogP contribution in [0.15, 0.2) is 24.3 Å². The molecule has 1 aromatic carbocycles. The first kappa shape index (κ1) is 13.4. The van der Waals surface area contributed by atoms with E-state index in [4.69, 9.17) is 5.11 Å². The van der Waals surface area contributed by atoms with Crippen molar-refractivity contribution in [1.82, 2.24) is 4.90 Å². The van der Waals surface area contributed by atoms with Gasteiger partial charge >= 0.3 is 12.0 Å². The minimum Gasteiger partial charge on any atom is -0.480 e. The number of likely N-dealkylation sites (tertiary alicyclic amines) is 1. The Bertz CT molecular complexity index is 487. The molecule has 0 saturated carbocycles. The van der Waals surface area contributed by atoms with Gasteiger partial charge in [-0.25, -0.2) is 9.59 Å². The third kappa shape index (κ3) is 3.24. The van der Waals surface area contributed by atoms with Crippen molar-refractivity contribution in [2.45, 2.75) is 32.2 Å². The lowest BCUT2D eigenvalue weighted by atomic mass is 10.0. The number of hydrogen-bond acceptors (Lipinski definition) is 2. The first-order valence-corrected chi connectivity index (χ1v) is 6.45. The maximum absolute atomic E-state index is 12.1. The predicted molar refractivity (Wildman–Crippen MR) is 72.2 cm³/mol. The normalized spacial score (nSPS) is 19.0. The van der Waals surface area contributed by atoms with E-state index in [1.807, 2.05) is 25.1 Å². The van der Waals surface area contributed by atoms with Crippen LogP contribution in [0.25, 0.3) is 0 Å². The molecule has 1 aliphatic heterocycles. The Labute approximate surface area is 112 Å². The van der Waals surface area contributed by atoms with Crippen LogP contribution in [0.5, 0.6) is 0 Å². The number of amides is 2. The van der Waals surface area contributed by atoms with Gasteiger partial charge in [0.25, 0.3) is 0 Å². The van der Waals surface area contributed by atoms with Crippen LogP contribution in [0.4, 0.5) is 10.5 Å². The van der Waals surface area contributed by atoms with Gasteiger partial charge in [0.15, 0.2) is 0 Å². The SMILES string of the molecule is Cc1cccc(NC(=O)N2CCCCC2C(=O)O)c1. The number of aliphatic carboxylic acids is 1. The van der Waals surface area contributed by atoms with E-state index >= 15 is 0 Å². The minimum atomic E-state index is -0.931. The molecule has 0 spiro atoms. The third-order valence-electron chi connectivity index (χ3n) is 3.32. The van der Waals surface area contributed by atoms with Crippen molar-refractivity contribution in [1.29, 1.82) is 0 Å². The Morgan fingerprint density at radius 3 is 2.84 bits per heavy atom. The molecule has 102 valence electrons. The van der Waals surface area contributed by atoms with E-state index in [-0.39, 0.29) is 6.03 Å². The van der Waals surface area contributed by atoms with Crippen LogP contribution in [-0.2, 0) is 4.79 Å². The van der Waals surface area contributed by atoms with Gasteiger partial charge in [-0.15, -0.1) is 0 Å². The van der Waals surface area contributed by atoms with Crippen molar-refractivity contribution in [2.75, 3.05) is 11.9 Å². The average molecular weight is 262 g/mol. The Morgan fingerprint density at radius 2 is 2.16 bits per heavy atom. The van der Waals surface area contributed by atoms with E-state index < -0.39 is 12.0 Å². The topological polar surface area (TPSA) is 69.6 Å². The minimum absolute atomic E-state index is 0.335. The number of aryl methyl sites for hydroxylation is 1. The molecule has 1 heterocycles.